The predicted molar refractivity (Wildman–Crippen MR) is 85.3 cm³/mol. The molecule has 0 bridgehead atoms. The van der Waals surface area contributed by atoms with Gasteiger partial charge in [0.25, 0.3) is 0 Å². The molecule has 5 heteroatoms. The van der Waals surface area contributed by atoms with E-state index in [1.54, 1.807) is 6.21 Å². The van der Waals surface area contributed by atoms with Crippen molar-refractivity contribution >= 4 is 29.4 Å². The van der Waals surface area contributed by atoms with Crippen LogP contribution in [0.5, 0.6) is 0 Å². The highest BCUT2D eigenvalue weighted by molar-refractivity contribution is 7.79. The zero-order valence-corrected chi connectivity index (χ0v) is 11.9. The largest absolute Gasteiger partial charge is 0.404 e. The summed E-state index contributed by atoms with van der Waals surface area (Å²) in [6, 6.07) is 4.25. The Balaban J connectivity index is 1.77. The molecule has 2 aromatic rings. The van der Waals surface area contributed by atoms with Gasteiger partial charge >= 0.3 is 0 Å². The minimum absolute atomic E-state index is 0.529. The second kappa shape index (κ2) is 5.54. The highest BCUT2D eigenvalue weighted by Crippen LogP contribution is 2.39. The van der Waals surface area contributed by atoms with E-state index in [4.69, 9.17) is 18.0 Å². The second-order valence-corrected chi connectivity index (χ2v) is 5.22. The molecule has 0 aromatic carbocycles. The summed E-state index contributed by atoms with van der Waals surface area (Å²) >= 11 is 4.82. The van der Waals surface area contributed by atoms with Crippen molar-refractivity contribution in [1.29, 1.82) is 0 Å². The highest BCUT2D eigenvalue weighted by atomic mass is 32.1. The quantitative estimate of drug-likeness (QED) is 0.521. The fraction of sp³-hybridized carbons (Fsp3) is 0.267. The van der Waals surface area contributed by atoms with Gasteiger partial charge in [-0.05, 0) is 30.4 Å². The molecule has 2 heterocycles. The molecule has 0 radical (unpaired) electrons. The number of aliphatic imine (C=N–C) groups is 1. The Kier molecular flexibility index (Phi) is 3.60. The van der Waals surface area contributed by atoms with Crippen LogP contribution in [0.2, 0.25) is 0 Å². The first-order valence-corrected chi connectivity index (χ1v) is 7.11. The Bertz CT molecular complexity index is 695. The summed E-state index contributed by atoms with van der Waals surface area (Å²) in [5.41, 5.74) is 9.44. The van der Waals surface area contributed by atoms with Gasteiger partial charge in [0.2, 0.25) is 0 Å². The van der Waals surface area contributed by atoms with Crippen LogP contribution in [0, 0.1) is 0 Å². The highest BCUT2D eigenvalue weighted by Gasteiger charge is 2.23. The fourth-order valence-electron chi connectivity index (χ4n) is 2.15. The van der Waals surface area contributed by atoms with E-state index in [9.17, 15) is 0 Å². The summed E-state index contributed by atoms with van der Waals surface area (Å²) < 4.78 is 2.08. The van der Waals surface area contributed by atoms with E-state index in [1.807, 2.05) is 6.20 Å². The molecule has 2 N–H and O–H groups in total. The Labute approximate surface area is 123 Å². The summed E-state index contributed by atoms with van der Waals surface area (Å²) in [6.07, 6.45) is 9.94. The fourth-order valence-corrected chi connectivity index (χ4v) is 2.29. The molecular weight excluding hydrogens is 268 g/mol. The Morgan fingerprint density at radius 2 is 2.30 bits per heavy atom. The van der Waals surface area contributed by atoms with Gasteiger partial charge < -0.3 is 10.1 Å². The van der Waals surface area contributed by atoms with Gasteiger partial charge in [-0.3, -0.25) is 4.99 Å². The molecule has 2 aromatic heterocycles. The van der Waals surface area contributed by atoms with Crippen molar-refractivity contribution < 1.29 is 0 Å². The van der Waals surface area contributed by atoms with Crippen molar-refractivity contribution in [1.82, 2.24) is 9.38 Å². The molecule has 0 atom stereocenters. The van der Waals surface area contributed by atoms with Gasteiger partial charge in [0.15, 0.2) is 0 Å². The zero-order valence-electron chi connectivity index (χ0n) is 11.1. The van der Waals surface area contributed by atoms with E-state index < -0.39 is 0 Å². The number of pyridine rings is 1. The third-order valence-electron chi connectivity index (χ3n) is 3.39. The lowest BCUT2D eigenvalue weighted by Gasteiger charge is -1.98. The van der Waals surface area contributed by atoms with Crippen LogP contribution in [0.1, 0.15) is 30.0 Å². The van der Waals surface area contributed by atoms with E-state index >= 15 is 0 Å². The second-order valence-electron chi connectivity index (χ2n) is 4.99. The van der Waals surface area contributed by atoms with E-state index in [1.165, 1.54) is 30.0 Å². The number of thiocarbonyl (C=S) groups is 1. The number of nitrogens with two attached hydrogens (primary N) is 1. The standard InChI is InChI=1S/C15H16N4S/c16-5-11(10-20)6-17-7-14-9-19-8-13(12-1-2-12)3-4-15(19)18-14/h3-6,8-10,12H,1-2,7,16H2/b11-5+,17-6?. The molecule has 1 fully saturated rings. The average molecular weight is 284 g/mol. The predicted octanol–water partition coefficient (Wildman–Crippen LogP) is 2.62. The molecule has 0 unspecified atom stereocenters. The van der Waals surface area contributed by atoms with Gasteiger partial charge in [0, 0.05) is 35.7 Å². The molecule has 4 nitrogen and oxygen atoms in total. The molecule has 3 rings (SSSR count). The first-order valence-electron chi connectivity index (χ1n) is 6.64. The van der Waals surface area contributed by atoms with Crippen molar-refractivity contribution in [3.63, 3.8) is 0 Å². The van der Waals surface area contributed by atoms with Crippen molar-refractivity contribution in [2.45, 2.75) is 25.3 Å². The van der Waals surface area contributed by atoms with Gasteiger partial charge in [-0.2, -0.15) is 0 Å². The van der Waals surface area contributed by atoms with E-state index in [-0.39, 0.29) is 0 Å². The number of imidazole rings is 1. The van der Waals surface area contributed by atoms with Gasteiger partial charge in [0.05, 0.1) is 12.2 Å². The SMILES string of the molecule is N/C=C(/C=S)C=NCc1cn2cc(C3CC3)ccc2n1. The normalized spacial score (nSPS) is 16.1. The van der Waals surface area contributed by atoms with Crippen LogP contribution in [-0.4, -0.2) is 21.0 Å². The van der Waals surface area contributed by atoms with Gasteiger partial charge in [-0.1, -0.05) is 18.3 Å². The molecule has 0 amide bonds. The molecule has 1 saturated carbocycles. The lowest BCUT2D eigenvalue weighted by Crippen LogP contribution is -1.91. The van der Waals surface area contributed by atoms with E-state index in [2.05, 4.69) is 32.7 Å². The summed E-state index contributed by atoms with van der Waals surface area (Å²) in [5, 5.41) is 1.51. The number of hydrogen-bond donors (Lipinski definition) is 1. The molecular formula is C15H16N4S. The molecule has 1 aliphatic rings. The Hall–Kier alpha value is -2.01. The molecule has 20 heavy (non-hydrogen) atoms. The van der Waals surface area contributed by atoms with Crippen molar-refractivity contribution in [2.75, 3.05) is 0 Å². The maximum atomic E-state index is 5.40. The molecule has 102 valence electrons. The number of fused-ring (bicyclic) bond motifs is 1. The molecule has 0 spiro atoms. The van der Waals surface area contributed by atoms with Crippen LogP contribution in [-0.2, 0) is 6.54 Å². The minimum atomic E-state index is 0.529. The van der Waals surface area contributed by atoms with Crippen LogP contribution in [0.3, 0.4) is 0 Å². The summed E-state index contributed by atoms with van der Waals surface area (Å²) in [7, 11) is 0. The average Bonchev–Trinajstić information content (AvgIpc) is 3.23. The zero-order chi connectivity index (χ0) is 13.9. The number of allylic oxidation sites excluding steroid dienone is 1. The molecule has 0 saturated heterocycles. The lowest BCUT2D eigenvalue weighted by molar-refractivity contribution is 1.02. The van der Waals surface area contributed by atoms with Gasteiger partial charge in [-0.25, -0.2) is 4.98 Å². The van der Waals surface area contributed by atoms with Crippen LogP contribution < -0.4 is 5.73 Å². The topological polar surface area (TPSA) is 55.7 Å². The smallest absolute Gasteiger partial charge is 0.137 e. The number of nitrogens with zero attached hydrogens (tertiary/aromatic N) is 3. The van der Waals surface area contributed by atoms with E-state index in [0.29, 0.717) is 6.54 Å². The maximum absolute atomic E-state index is 5.40. The maximum Gasteiger partial charge on any atom is 0.137 e. The van der Waals surface area contributed by atoms with Crippen LogP contribution in [0.15, 0.2) is 41.3 Å². The van der Waals surface area contributed by atoms with Crippen molar-refractivity contribution in [3.05, 3.63) is 47.6 Å². The number of rotatable bonds is 5. The van der Waals surface area contributed by atoms with Gasteiger partial charge in [0.1, 0.15) is 5.65 Å². The Morgan fingerprint density at radius 3 is 3.00 bits per heavy atom. The van der Waals surface area contributed by atoms with Gasteiger partial charge in [-0.15, -0.1) is 0 Å². The lowest BCUT2D eigenvalue weighted by atomic mass is 10.2. The Morgan fingerprint density at radius 1 is 1.45 bits per heavy atom. The van der Waals surface area contributed by atoms with Crippen LogP contribution >= 0.6 is 12.2 Å². The molecule has 0 aliphatic heterocycles. The third kappa shape index (κ3) is 2.77. The van der Waals surface area contributed by atoms with Crippen LogP contribution in [0.4, 0.5) is 0 Å². The van der Waals surface area contributed by atoms with Crippen LogP contribution in [0.25, 0.3) is 5.65 Å². The number of aromatic nitrogens is 2. The first kappa shape index (κ1) is 13.0. The summed E-state index contributed by atoms with van der Waals surface area (Å²) in [6.45, 7) is 0.529. The van der Waals surface area contributed by atoms with E-state index in [0.717, 1.165) is 22.8 Å². The summed E-state index contributed by atoms with van der Waals surface area (Å²) in [4.78, 5) is 8.85. The number of hydrogen-bond acceptors (Lipinski definition) is 4. The monoisotopic (exact) mass is 284 g/mol. The first-order chi connectivity index (χ1) is 9.80. The minimum Gasteiger partial charge on any atom is -0.404 e. The molecule has 1 aliphatic carbocycles. The third-order valence-corrected chi connectivity index (χ3v) is 3.67. The summed E-state index contributed by atoms with van der Waals surface area (Å²) in [5.74, 6) is 0.753. The van der Waals surface area contributed by atoms with Crippen molar-refractivity contribution in [2.24, 2.45) is 10.7 Å². The van der Waals surface area contributed by atoms with Crippen molar-refractivity contribution in [3.8, 4) is 0 Å².